The first-order chi connectivity index (χ1) is 8.94. The second-order valence-electron chi connectivity index (χ2n) is 4.92. The molecule has 1 fully saturated rings. The monoisotopic (exact) mass is 293 g/mol. The first-order valence-corrected chi connectivity index (χ1v) is 8.44. The third kappa shape index (κ3) is 6.35. The fourth-order valence-corrected chi connectivity index (χ4v) is 3.59. The first kappa shape index (κ1) is 16.4. The molecule has 7 heteroatoms. The van der Waals surface area contributed by atoms with Crippen LogP contribution in [-0.2, 0) is 19.6 Å². The molecule has 19 heavy (non-hydrogen) atoms. The molecule has 2 atom stereocenters. The summed E-state index contributed by atoms with van der Waals surface area (Å²) < 4.78 is 31.5. The number of carboxylic acid groups (broad SMARTS) is 1. The zero-order valence-electron chi connectivity index (χ0n) is 11.3. The molecule has 0 radical (unpaired) electrons. The van der Waals surface area contributed by atoms with Gasteiger partial charge in [0.1, 0.15) is 6.04 Å². The van der Waals surface area contributed by atoms with Crippen LogP contribution in [0.4, 0.5) is 0 Å². The zero-order chi connectivity index (χ0) is 14.3. The van der Waals surface area contributed by atoms with Crippen molar-refractivity contribution in [1.29, 1.82) is 0 Å². The SMILES string of the molecule is CCCC[C@H](NS(=O)(=O)CC1CCCCO1)C(=O)O. The topological polar surface area (TPSA) is 92.7 Å². The molecule has 6 nitrogen and oxygen atoms in total. The summed E-state index contributed by atoms with van der Waals surface area (Å²) in [5.41, 5.74) is 0. The molecular weight excluding hydrogens is 270 g/mol. The van der Waals surface area contributed by atoms with Gasteiger partial charge in [0.25, 0.3) is 0 Å². The van der Waals surface area contributed by atoms with Gasteiger partial charge in [0.2, 0.25) is 10.0 Å². The highest BCUT2D eigenvalue weighted by molar-refractivity contribution is 7.89. The third-order valence-electron chi connectivity index (χ3n) is 3.15. The molecule has 0 bridgehead atoms. The summed E-state index contributed by atoms with van der Waals surface area (Å²) in [6.45, 7) is 2.52. The van der Waals surface area contributed by atoms with Crippen molar-refractivity contribution in [1.82, 2.24) is 4.72 Å². The molecular formula is C12H23NO5S. The van der Waals surface area contributed by atoms with Crippen LogP contribution < -0.4 is 4.72 Å². The number of carbonyl (C=O) groups is 1. The lowest BCUT2D eigenvalue weighted by Gasteiger charge is -2.23. The van der Waals surface area contributed by atoms with Gasteiger partial charge in [-0.1, -0.05) is 19.8 Å². The number of unbranched alkanes of at least 4 members (excludes halogenated alkanes) is 1. The van der Waals surface area contributed by atoms with Gasteiger partial charge in [0.05, 0.1) is 11.9 Å². The van der Waals surface area contributed by atoms with Gasteiger partial charge in [-0.05, 0) is 25.7 Å². The van der Waals surface area contributed by atoms with Crippen LogP contribution in [-0.4, -0.2) is 44.0 Å². The Balaban J connectivity index is 2.52. The van der Waals surface area contributed by atoms with Gasteiger partial charge < -0.3 is 9.84 Å². The molecule has 2 N–H and O–H groups in total. The van der Waals surface area contributed by atoms with Crippen molar-refractivity contribution in [2.75, 3.05) is 12.4 Å². The van der Waals surface area contributed by atoms with E-state index in [0.717, 1.165) is 19.3 Å². The van der Waals surface area contributed by atoms with Crippen molar-refractivity contribution >= 4 is 16.0 Å². The fourth-order valence-electron chi connectivity index (χ4n) is 2.09. The van der Waals surface area contributed by atoms with E-state index in [1.807, 2.05) is 6.92 Å². The second kappa shape index (κ2) is 7.81. The molecule has 1 saturated heterocycles. The average Bonchev–Trinajstić information content (AvgIpc) is 2.34. The summed E-state index contributed by atoms with van der Waals surface area (Å²) in [6.07, 6.45) is 4.14. The largest absolute Gasteiger partial charge is 0.480 e. The number of hydrogen-bond acceptors (Lipinski definition) is 4. The maximum absolute atomic E-state index is 11.9. The van der Waals surface area contributed by atoms with E-state index in [0.29, 0.717) is 25.9 Å². The second-order valence-corrected chi connectivity index (χ2v) is 6.72. The molecule has 1 heterocycles. The Morgan fingerprint density at radius 1 is 1.47 bits per heavy atom. The van der Waals surface area contributed by atoms with Gasteiger partial charge in [-0.15, -0.1) is 0 Å². The first-order valence-electron chi connectivity index (χ1n) is 6.79. The van der Waals surface area contributed by atoms with Crippen LogP contribution in [0.2, 0.25) is 0 Å². The smallest absolute Gasteiger partial charge is 0.321 e. The van der Waals surface area contributed by atoms with E-state index >= 15 is 0 Å². The Morgan fingerprint density at radius 2 is 2.21 bits per heavy atom. The quantitative estimate of drug-likeness (QED) is 0.699. The summed E-state index contributed by atoms with van der Waals surface area (Å²) in [6, 6.07) is -1.03. The van der Waals surface area contributed by atoms with Crippen molar-refractivity contribution in [3.8, 4) is 0 Å². The van der Waals surface area contributed by atoms with Gasteiger partial charge >= 0.3 is 5.97 Å². The number of carboxylic acids is 1. The number of rotatable bonds is 8. The summed E-state index contributed by atoms with van der Waals surface area (Å²) in [5.74, 6) is -1.27. The van der Waals surface area contributed by atoms with Gasteiger partial charge in [-0.2, -0.15) is 0 Å². The predicted octanol–water partition coefficient (Wildman–Crippen LogP) is 1.12. The fraction of sp³-hybridized carbons (Fsp3) is 0.917. The van der Waals surface area contributed by atoms with Crippen LogP contribution in [0.3, 0.4) is 0 Å². The van der Waals surface area contributed by atoms with Crippen LogP contribution >= 0.6 is 0 Å². The molecule has 0 aromatic rings. The third-order valence-corrected chi connectivity index (χ3v) is 4.60. The number of hydrogen-bond donors (Lipinski definition) is 2. The average molecular weight is 293 g/mol. The summed E-state index contributed by atoms with van der Waals surface area (Å²) in [5, 5.41) is 9.01. The Morgan fingerprint density at radius 3 is 2.74 bits per heavy atom. The van der Waals surface area contributed by atoms with Crippen LogP contribution in [0.25, 0.3) is 0 Å². The molecule has 1 unspecified atom stereocenters. The van der Waals surface area contributed by atoms with Gasteiger partial charge in [0.15, 0.2) is 0 Å². The van der Waals surface area contributed by atoms with Crippen molar-refractivity contribution < 1.29 is 23.1 Å². The lowest BCUT2D eigenvalue weighted by Crippen LogP contribution is -2.44. The number of nitrogens with one attached hydrogen (secondary N) is 1. The van der Waals surface area contributed by atoms with Crippen LogP contribution in [0.1, 0.15) is 45.4 Å². The molecule has 0 aromatic carbocycles. The molecule has 0 amide bonds. The van der Waals surface area contributed by atoms with Crippen LogP contribution in [0.5, 0.6) is 0 Å². The van der Waals surface area contributed by atoms with Gasteiger partial charge in [0, 0.05) is 6.61 Å². The molecule has 1 rings (SSSR count). The maximum Gasteiger partial charge on any atom is 0.321 e. The number of sulfonamides is 1. The predicted molar refractivity (Wildman–Crippen MR) is 71.5 cm³/mol. The van der Waals surface area contributed by atoms with E-state index in [2.05, 4.69) is 4.72 Å². The number of ether oxygens (including phenoxy) is 1. The van der Waals surface area contributed by atoms with Crippen LogP contribution in [0.15, 0.2) is 0 Å². The van der Waals surface area contributed by atoms with E-state index in [9.17, 15) is 13.2 Å². The lowest BCUT2D eigenvalue weighted by atomic mass is 10.1. The van der Waals surface area contributed by atoms with E-state index in [1.165, 1.54) is 0 Å². The Labute approximate surface area is 114 Å². The lowest BCUT2D eigenvalue weighted by molar-refractivity contribution is -0.139. The van der Waals surface area contributed by atoms with Gasteiger partial charge in [-0.3, -0.25) is 4.79 Å². The van der Waals surface area contributed by atoms with Crippen molar-refractivity contribution in [3.63, 3.8) is 0 Å². The highest BCUT2D eigenvalue weighted by Crippen LogP contribution is 2.14. The molecule has 0 aliphatic carbocycles. The van der Waals surface area contributed by atoms with E-state index < -0.39 is 22.0 Å². The molecule has 1 aliphatic heterocycles. The van der Waals surface area contributed by atoms with E-state index in [-0.39, 0.29) is 11.9 Å². The summed E-state index contributed by atoms with van der Waals surface area (Å²) >= 11 is 0. The minimum absolute atomic E-state index is 0.150. The summed E-state index contributed by atoms with van der Waals surface area (Å²) in [4.78, 5) is 11.0. The highest BCUT2D eigenvalue weighted by atomic mass is 32.2. The minimum atomic E-state index is -3.61. The Hall–Kier alpha value is -0.660. The maximum atomic E-state index is 11.9. The van der Waals surface area contributed by atoms with Gasteiger partial charge in [-0.25, -0.2) is 13.1 Å². The zero-order valence-corrected chi connectivity index (χ0v) is 12.1. The normalized spacial score (nSPS) is 22.1. The van der Waals surface area contributed by atoms with Crippen molar-refractivity contribution in [2.45, 2.75) is 57.6 Å². The molecule has 112 valence electrons. The molecule has 0 saturated carbocycles. The van der Waals surface area contributed by atoms with E-state index in [4.69, 9.17) is 9.84 Å². The minimum Gasteiger partial charge on any atom is -0.480 e. The number of aliphatic carboxylic acids is 1. The standard InChI is InChI=1S/C12H23NO5S/c1-2-3-7-11(12(14)15)13-19(16,17)9-10-6-4-5-8-18-10/h10-11,13H,2-9H2,1H3,(H,14,15)/t10?,11-/m0/s1. The molecule has 0 spiro atoms. The Bertz CT molecular complexity index is 376. The van der Waals surface area contributed by atoms with E-state index in [1.54, 1.807) is 0 Å². The summed E-state index contributed by atoms with van der Waals surface area (Å²) in [7, 11) is -3.61. The van der Waals surface area contributed by atoms with Crippen LogP contribution in [0, 0.1) is 0 Å². The van der Waals surface area contributed by atoms with Crippen molar-refractivity contribution in [2.24, 2.45) is 0 Å². The highest BCUT2D eigenvalue weighted by Gasteiger charge is 2.27. The molecule has 1 aliphatic rings. The van der Waals surface area contributed by atoms with Crippen molar-refractivity contribution in [3.05, 3.63) is 0 Å². The Kier molecular flexibility index (Phi) is 6.74. The molecule has 0 aromatic heterocycles.